The average molecular weight is 213 g/mol. The molecule has 3 nitrogen and oxygen atoms in total. The zero-order valence-electron chi connectivity index (χ0n) is 9.32. The number of rotatable bonds is 4. The molecule has 1 atom stereocenters. The molecule has 14 heavy (non-hydrogen) atoms. The van der Waals surface area contributed by atoms with E-state index >= 15 is 0 Å². The number of hydrogen-bond acceptors (Lipinski definition) is 4. The highest BCUT2D eigenvalue weighted by Crippen LogP contribution is 2.31. The van der Waals surface area contributed by atoms with Crippen LogP contribution in [0.2, 0.25) is 0 Å². The monoisotopic (exact) mass is 213 g/mol. The first kappa shape index (κ1) is 11.5. The third-order valence-electron chi connectivity index (χ3n) is 2.32. The van der Waals surface area contributed by atoms with Crippen molar-refractivity contribution in [2.24, 2.45) is 11.7 Å². The van der Waals surface area contributed by atoms with Crippen molar-refractivity contribution in [3.8, 4) is 0 Å². The number of thiazole rings is 1. The van der Waals surface area contributed by atoms with Gasteiger partial charge in [-0.15, -0.1) is 11.3 Å². The fourth-order valence-electron chi connectivity index (χ4n) is 1.37. The van der Waals surface area contributed by atoms with Crippen molar-refractivity contribution in [1.29, 1.82) is 0 Å². The first-order chi connectivity index (χ1) is 6.56. The molecule has 1 rings (SSSR count). The summed E-state index contributed by atoms with van der Waals surface area (Å²) in [5, 5.41) is 1.05. The molecule has 2 N–H and O–H groups in total. The maximum atomic E-state index is 5.76. The van der Waals surface area contributed by atoms with E-state index in [1.54, 1.807) is 11.3 Å². The van der Waals surface area contributed by atoms with Crippen LogP contribution >= 0.6 is 11.3 Å². The Morgan fingerprint density at radius 2 is 2.14 bits per heavy atom. The molecule has 0 bridgehead atoms. The topological polar surface area (TPSA) is 42.1 Å². The number of nitrogens with two attached hydrogens (primary N) is 1. The zero-order valence-corrected chi connectivity index (χ0v) is 10.1. The van der Waals surface area contributed by atoms with Crippen LogP contribution < -0.4 is 10.6 Å². The molecule has 0 aromatic carbocycles. The van der Waals surface area contributed by atoms with Crippen LogP contribution in [-0.4, -0.2) is 25.6 Å². The van der Waals surface area contributed by atoms with Crippen LogP contribution in [0, 0.1) is 5.92 Å². The van der Waals surface area contributed by atoms with E-state index in [1.807, 2.05) is 25.2 Å². The summed E-state index contributed by atoms with van der Waals surface area (Å²) in [6, 6.07) is 0. The third-order valence-corrected chi connectivity index (χ3v) is 3.62. The minimum absolute atomic E-state index is 0.446. The van der Waals surface area contributed by atoms with Crippen molar-refractivity contribution in [3.63, 3.8) is 0 Å². The van der Waals surface area contributed by atoms with Gasteiger partial charge in [0.15, 0.2) is 5.13 Å². The van der Waals surface area contributed by atoms with Crippen LogP contribution in [0.15, 0.2) is 6.20 Å². The quantitative estimate of drug-likeness (QED) is 0.830. The molecule has 0 saturated carbocycles. The van der Waals surface area contributed by atoms with E-state index in [0.717, 1.165) is 5.13 Å². The predicted molar refractivity (Wildman–Crippen MR) is 63.1 cm³/mol. The van der Waals surface area contributed by atoms with Crippen molar-refractivity contribution in [2.45, 2.75) is 19.8 Å². The summed E-state index contributed by atoms with van der Waals surface area (Å²) in [5.74, 6) is 1.02. The minimum Gasteiger partial charge on any atom is -0.354 e. The number of hydrogen-bond donors (Lipinski definition) is 1. The SMILES string of the molecule is CC(C)C(CN)c1cnc(N(C)C)s1. The van der Waals surface area contributed by atoms with Gasteiger partial charge in [-0.25, -0.2) is 4.98 Å². The molecule has 0 fully saturated rings. The maximum absolute atomic E-state index is 5.76. The molecular formula is C10H19N3S. The number of aromatic nitrogens is 1. The Bertz CT molecular complexity index is 281. The normalized spacial score (nSPS) is 13.3. The van der Waals surface area contributed by atoms with Crippen molar-refractivity contribution >= 4 is 16.5 Å². The van der Waals surface area contributed by atoms with E-state index in [1.165, 1.54) is 4.88 Å². The van der Waals surface area contributed by atoms with E-state index in [9.17, 15) is 0 Å². The Morgan fingerprint density at radius 1 is 1.50 bits per heavy atom. The fourth-order valence-corrected chi connectivity index (χ4v) is 2.50. The first-order valence-electron chi connectivity index (χ1n) is 4.89. The van der Waals surface area contributed by atoms with Gasteiger partial charge in [0.05, 0.1) is 0 Å². The fraction of sp³-hybridized carbons (Fsp3) is 0.700. The molecule has 1 unspecified atom stereocenters. The molecule has 0 amide bonds. The summed E-state index contributed by atoms with van der Waals surface area (Å²) >= 11 is 1.74. The van der Waals surface area contributed by atoms with Crippen LogP contribution in [-0.2, 0) is 0 Å². The van der Waals surface area contributed by atoms with Gasteiger partial charge in [0, 0.05) is 37.6 Å². The molecule has 80 valence electrons. The molecule has 0 saturated heterocycles. The molecule has 0 aliphatic heterocycles. The van der Waals surface area contributed by atoms with Crippen molar-refractivity contribution in [3.05, 3.63) is 11.1 Å². The van der Waals surface area contributed by atoms with Gasteiger partial charge in [-0.1, -0.05) is 13.8 Å². The molecular weight excluding hydrogens is 194 g/mol. The Morgan fingerprint density at radius 3 is 2.50 bits per heavy atom. The summed E-state index contributed by atoms with van der Waals surface area (Å²) in [6.45, 7) is 5.10. The molecule has 0 spiro atoms. The smallest absolute Gasteiger partial charge is 0.184 e. The van der Waals surface area contributed by atoms with E-state index < -0.39 is 0 Å². The predicted octanol–water partition coefficient (Wildman–Crippen LogP) is 1.91. The van der Waals surface area contributed by atoms with E-state index in [0.29, 0.717) is 18.4 Å². The highest BCUT2D eigenvalue weighted by Gasteiger charge is 2.17. The third kappa shape index (κ3) is 2.45. The van der Waals surface area contributed by atoms with E-state index in [-0.39, 0.29) is 0 Å². The number of anilines is 1. The minimum atomic E-state index is 0.446. The molecule has 1 aromatic rings. The second kappa shape index (κ2) is 4.75. The largest absolute Gasteiger partial charge is 0.354 e. The van der Waals surface area contributed by atoms with Gasteiger partial charge < -0.3 is 10.6 Å². The van der Waals surface area contributed by atoms with Crippen molar-refractivity contribution in [1.82, 2.24) is 4.98 Å². The van der Waals surface area contributed by atoms with Gasteiger partial charge >= 0.3 is 0 Å². The van der Waals surface area contributed by atoms with Crippen LogP contribution in [0.1, 0.15) is 24.6 Å². The Hall–Kier alpha value is -0.610. The molecule has 4 heteroatoms. The van der Waals surface area contributed by atoms with Crippen LogP contribution in [0.4, 0.5) is 5.13 Å². The van der Waals surface area contributed by atoms with Crippen LogP contribution in [0.5, 0.6) is 0 Å². The summed E-state index contributed by atoms with van der Waals surface area (Å²) < 4.78 is 0. The lowest BCUT2D eigenvalue weighted by atomic mass is 9.95. The summed E-state index contributed by atoms with van der Waals surface area (Å²) in [4.78, 5) is 7.68. The second-order valence-electron chi connectivity index (χ2n) is 4.03. The highest BCUT2D eigenvalue weighted by atomic mass is 32.1. The average Bonchev–Trinajstić information content (AvgIpc) is 2.53. The lowest BCUT2D eigenvalue weighted by molar-refractivity contribution is 0.512. The van der Waals surface area contributed by atoms with Crippen molar-refractivity contribution < 1.29 is 0 Å². The number of nitrogens with zero attached hydrogens (tertiary/aromatic N) is 2. The Balaban J connectivity index is 2.84. The first-order valence-corrected chi connectivity index (χ1v) is 5.71. The van der Waals surface area contributed by atoms with Crippen LogP contribution in [0.25, 0.3) is 0 Å². The van der Waals surface area contributed by atoms with Gasteiger partial charge in [-0.05, 0) is 5.92 Å². The standard InChI is InChI=1S/C10H19N3S/c1-7(2)8(5-11)9-6-12-10(14-9)13(3)4/h6-8H,5,11H2,1-4H3. The lowest BCUT2D eigenvalue weighted by Gasteiger charge is -2.16. The zero-order chi connectivity index (χ0) is 10.7. The molecule has 0 aliphatic rings. The van der Waals surface area contributed by atoms with Gasteiger partial charge in [0.2, 0.25) is 0 Å². The van der Waals surface area contributed by atoms with Gasteiger partial charge in [0.1, 0.15) is 0 Å². The molecule has 1 heterocycles. The highest BCUT2D eigenvalue weighted by molar-refractivity contribution is 7.15. The maximum Gasteiger partial charge on any atom is 0.184 e. The van der Waals surface area contributed by atoms with Gasteiger partial charge in [-0.2, -0.15) is 0 Å². The van der Waals surface area contributed by atoms with Crippen molar-refractivity contribution in [2.75, 3.05) is 25.5 Å². The molecule has 1 aromatic heterocycles. The molecule has 0 aliphatic carbocycles. The van der Waals surface area contributed by atoms with Crippen LogP contribution in [0.3, 0.4) is 0 Å². The summed E-state index contributed by atoms with van der Waals surface area (Å²) in [5.41, 5.74) is 5.76. The second-order valence-corrected chi connectivity index (χ2v) is 5.07. The Kier molecular flexibility index (Phi) is 3.89. The summed E-state index contributed by atoms with van der Waals surface area (Å²) in [7, 11) is 4.02. The van der Waals surface area contributed by atoms with E-state index in [2.05, 4.69) is 18.8 Å². The lowest BCUT2D eigenvalue weighted by Crippen LogP contribution is -2.16. The van der Waals surface area contributed by atoms with E-state index in [4.69, 9.17) is 5.73 Å². The molecule has 0 radical (unpaired) electrons. The Labute approximate surface area is 89.9 Å². The van der Waals surface area contributed by atoms with Gasteiger partial charge in [-0.3, -0.25) is 0 Å². The summed E-state index contributed by atoms with van der Waals surface area (Å²) in [6.07, 6.45) is 1.96. The van der Waals surface area contributed by atoms with Gasteiger partial charge in [0.25, 0.3) is 0 Å².